The van der Waals surface area contributed by atoms with Crippen LogP contribution in [0.5, 0.6) is 0 Å². The van der Waals surface area contributed by atoms with Crippen LogP contribution in [0.2, 0.25) is 0 Å². The monoisotopic (exact) mass is 373 g/mol. The first-order chi connectivity index (χ1) is 8.63. The number of ether oxygens (including phenoxy) is 1. The highest BCUT2D eigenvalue weighted by Gasteiger charge is 2.21. The van der Waals surface area contributed by atoms with Crippen molar-refractivity contribution in [3.05, 3.63) is 39.2 Å². The molecule has 6 heteroatoms. The van der Waals surface area contributed by atoms with Gasteiger partial charge in [-0.05, 0) is 25.1 Å². The molecule has 0 saturated heterocycles. The molecule has 2 rings (SSSR count). The van der Waals surface area contributed by atoms with E-state index in [-0.39, 0.29) is 5.69 Å². The van der Waals surface area contributed by atoms with E-state index < -0.39 is 5.97 Å². The number of carbonyl (C=O) groups is 1. The molecule has 4 nitrogen and oxygen atoms in total. The van der Waals surface area contributed by atoms with Gasteiger partial charge in [0.15, 0.2) is 17.8 Å². The van der Waals surface area contributed by atoms with E-state index in [1.807, 2.05) is 18.2 Å². The zero-order chi connectivity index (χ0) is 13.1. The lowest BCUT2D eigenvalue weighted by Crippen LogP contribution is -2.06. The van der Waals surface area contributed by atoms with Crippen LogP contribution in [-0.4, -0.2) is 17.6 Å². The molecule has 0 N–H and O–H groups in total. The van der Waals surface area contributed by atoms with Crippen molar-refractivity contribution >= 4 is 37.8 Å². The molecule has 0 aliphatic carbocycles. The average Bonchev–Trinajstić information content (AvgIpc) is 2.81. The molecule has 1 heterocycles. The molecule has 0 fully saturated rings. The van der Waals surface area contributed by atoms with Crippen LogP contribution in [0.25, 0.3) is 11.3 Å². The Morgan fingerprint density at radius 3 is 2.94 bits per heavy atom. The lowest BCUT2D eigenvalue weighted by atomic mass is 10.1. The number of aromatic nitrogens is 1. The van der Waals surface area contributed by atoms with Crippen molar-refractivity contribution in [1.29, 1.82) is 0 Å². The maximum absolute atomic E-state index is 11.7. The lowest BCUT2D eigenvalue weighted by molar-refractivity contribution is 0.0520. The Balaban J connectivity index is 2.48. The van der Waals surface area contributed by atoms with Gasteiger partial charge < -0.3 is 9.15 Å². The molecule has 0 aliphatic heterocycles. The third-order valence-electron chi connectivity index (χ3n) is 2.21. The summed E-state index contributed by atoms with van der Waals surface area (Å²) < 4.78 is 11.9. The molecule has 18 heavy (non-hydrogen) atoms. The number of benzene rings is 1. The molecule has 0 unspecified atom stereocenters. The largest absolute Gasteiger partial charge is 0.461 e. The van der Waals surface area contributed by atoms with Gasteiger partial charge in [-0.2, -0.15) is 0 Å². The van der Waals surface area contributed by atoms with Crippen molar-refractivity contribution in [2.75, 3.05) is 6.61 Å². The van der Waals surface area contributed by atoms with E-state index in [2.05, 4.69) is 36.8 Å². The molecule has 2 aromatic rings. The first-order valence-corrected chi connectivity index (χ1v) is 6.78. The predicted octanol–water partition coefficient (Wildman–Crippen LogP) is 4.04. The van der Waals surface area contributed by atoms with Crippen molar-refractivity contribution in [2.24, 2.45) is 0 Å². The summed E-state index contributed by atoms with van der Waals surface area (Å²) in [4.78, 5) is 15.6. The molecule has 0 amide bonds. The fourth-order valence-corrected chi connectivity index (χ4v) is 2.24. The fourth-order valence-electron chi connectivity index (χ4n) is 1.45. The van der Waals surface area contributed by atoms with Crippen molar-refractivity contribution in [2.45, 2.75) is 6.92 Å². The van der Waals surface area contributed by atoms with Gasteiger partial charge in [0.05, 0.1) is 6.61 Å². The van der Waals surface area contributed by atoms with Crippen LogP contribution in [0, 0.1) is 0 Å². The molecule has 0 spiro atoms. The van der Waals surface area contributed by atoms with Crippen LogP contribution in [0.1, 0.15) is 17.4 Å². The van der Waals surface area contributed by atoms with Crippen LogP contribution in [-0.2, 0) is 4.74 Å². The summed E-state index contributed by atoms with van der Waals surface area (Å²) in [6, 6.07) is 5.58. The van der Waals surface area contributed by atoms with Gasteiger partial charge in [0.25, 0.3) is 0 Å². The lowest BCUT2D eigenvalue weighted by Gasteiger charge is -2.04. The molecule has 0 atom stereocenters. The van der Waals surface area contributed by atoms with E-state index >= 15 is 0 Å². The number of oxazole rings is 1. The Hall–Kier alpha value is -1.14. The quantitative estimate of drug-likeness (QED) is 0.760. The number of esters is 1. The van der Waals surface area contributed by atoms with Gasteiger partial charge in [-0.25, -0.2) is 9.78 Å². The second-order valence-electron chi connectivity index (χ2n) is 3.37. The predicted molar refractivity (Wildman–Crippen MR) is 73.3 cm³/mol. The standard InChI is InChI=1S/C12H9Br2NO3/c1-2-17-12(16)10-11(18-6-15-10)8-5-7(13)3-4-9(8)14/h3-6H,2H2,1H3. The van der Waals surface area contributed by atoms with Gasteiger partial charge in [-0.1, -0.05) is 31.9 Å². The van der Waals surface area contributed by atoms with Gasteiger partial charge in [-0.3, -0.25) is 0 Å². The summed E-state index contributed by atoms with van der Waals surface area (Å²) in [7, 11) is 0. The van der Waals surface area contributed by atoms with Gasteiger partial charge >= 0.3 is 5.97 Å². The molecule has 0 aliphatic rings. The topological polar surface area (TPSA) is 52.3 Å². The molecule has 0 radical (unpaired) electrons. The molecule has 94 valence electrons. The number of nitrogens with zero attached hydrogens (tertiary/aromatic N) is 1. The van der Waals surface area contributed by atoms with E-state index in [4.69, 9.17) is 9.15 Å². The minimum atomic E-state index is -0.492. The minimum Gasteiger partial charge on any atom is -0.461 e. The Morgan fingerprint density at radius 1 is 1.44 bits per heavy atom. The average molecular weight is 375 g/mol. The number of hydrogen-bond donors (Lipinski definition) is 0. The van der Waals surface area contributed by atoms with Crippen molar-refractivity contribution in [3.63, 3.8) is 0 Å². The van der Waals surface area contributed by atoms with Gasteiger partial charge in [0, 0.05) is 14.5 Å². The second kappa shape index (κ2) is 5.67. The molecule has 0 bridgehead atoms. The normalized spacial score (nSPS) is 10.4. The highest BCUT2D eigenvalue weighted by Crippen LogP contribution is 2.33. The first kappa shape index (κ1) is 13.3. The fraction of sp³-hybridized carbons (Fsp3) is 0.167. The Bertz CT molecular complexity index is 580. The van der Waals surface area contributed by atoms with Crippen LogP contribution in [0.3, 0.4) is 0 Å². The Kier molecular flexibility index (Phi) is 4.19. The third kappa shape index (κ3) is 2.64. The van der Waals surface area contributed by atoms with E-state index in [0.717, 1.165) is 14.5 Å². The van der Waals surface area contributed by atoms with Gasteiger partial charge in [-0.15, -0.1) is 0 Å². The molecular formula is C12H9Br2NO3. The van der Waals surface area contributed by atoms with Crippen molar-refractivity contribution < 1.29 is 13.9 Å². The zero-order valence-electron chi connectivity index (χ0n) is 9.44. The summed E-state index contributed by atoms with van der Waals surface area (Å²) in [5, 5.41) is 0. The molecular weight excluding hydrogens is 366 g/mol. The molecule has 1 aromatic carbocycles. The third-order valence-corrected chi connectivity index (χ3v) is 3.39. The number of hydrogen-bond acceptors (Lipinski definition) is 4. The minimum absolute atomic E-state index is 0.177. The van der Waals surface area contributed by atoms with E-state index in [1.165, 1.54) is 6.39 Å². The summed E-state index contributed by atoms with van der Waals surface area (Å²) in [6.07, 6.45) is 1.23. The van der Waals surface area contributed by atoms with Crippen molar-refractivity contribution in [3.8, 4) is 11.3 Å². The maximum atomic E-state index is 11.7. The van der Waals surface area contributed by atoms with E-state index in [9.17, 15) is 4.79 Å². The highest BCUT2D eigenvalue weighted by molar-refractivity contribution is 9.11. The van der Waals surface area contributed by atoms with Crippen molar-refractivity contribution in [1.82, 2.24) is 4.98 Å². The van der Waals surface area contributed by atoms with Crippen LogP contribution >= 0.6 is 31.9 Å². The summed E-state index contributed by atoms with van der Waals surface area (Å²) in [5.41, 5.74) is 0.917. The first-order valence-electron chi connectivity index (χ1n) is 5.19. The second-order valence-corrected chi connectivity index (χ2v) is 5.14. The van der Waals surface area contributed by atoms with Gasteiger partial charge in [0.2, 0.25) is 0 Å². The number of carbonyl (C=O) groups excluding carboxylic acids is 1. The Morgan fingerprint density at radius 2 is 2.22 bits per heavy atom. The summed E-state index contributed by atoms with van der Waals surface area (Å²) in [5.74, 6) is -0.102. The summed E-state index contributed by atoms with van der Waals surface area (Å²) >= 11 is 6.79. The molecule has 1 aromatic heterocycles. The van der Waals surface area contributed by atoms with Crippen LogP contribution in [0.4, 0.5) is 0 Å². The summed E-state index contributed by atoms with van der Waals surface area (Å²) in [6.45, 7) is 2.04. The van der Waals surface area contributed by atoms with Gasteiger partial charge in [0.1, 0.15) is 0 Å². The van der Waals surface area contributed by atoms with Crippen LogP contribution in [0.15, 0.2) is 38.0 Å². The number of halogens is 2. The Labute approximate surface area is 121 Å². The van der Waals surface area contributed by atoms with Crippen LogP contribution < -0.4 is 0 Å². The SMILES string of the molecule is CCOC(=O)c1ncoc1-c1cc(Br)ccc1Br. The maximum Gasteiger partial charge on any atom is 0.360 e. The zero-order valence-corrected chi connectivity index (χ0v) is 12.6. The van der Waals surface area contributed by atoms with E-state index in [1.54, 1.807) is 6.92 Å². The smallest absolute Gasteiger partial charge is 0.360 e. The van der Waals surface area contributed by atoms with E-state index in [0.29, 0.717) is 12.4 Å². The number of rotatable bonds is 3. The molecule has 0 saturated carbocycles. The highest BCUT2D eigenvalue weighted by atomic mass is 79.9.